The number of rotatable bonds is 6. The lowest BCUT2D eigenvalue weighted by atomic mass is 10.2. The Labute approximate surface area is 115 Å². The molecule has 1 rings (SSSR count). The summed E-state index contributed by atoms with van der Waals surface area (Å²) in [5, 5.41) is 2.85. The number of nitrogens with one attached hydrogen (secondary N) is 1. The fourth-order valence-corrected chi connectivity index (χ4v) is 1.73. The van der Waals surface area contributed by atoms with Gasteiger partial charge in [-0.15, -0.1) is 0 Å². The summed E-state index contributed by atoms with van der Waals surface area (Å²) in [5.74, 6) is 1.10. The van der Waals surface area contributed by atoms with Crippen LogP contribution in [-0.2, 0) is 0 Å². The lowest BCUT2D eigenvalue weighted by Gasteiger charge is -2.09. The van der Waals surface area contributed by atoms with Crippen LogP contribution in [0.1, 0.15) is 16.8 Å². The van der Waals surface area contributed by atoms with Gasteiger partial charge in [0.15, 0.2) is 11.5 Å². The van der Waals surface area contributed by atoms with Gasteiger partial charge in [-0.05, 0) is 24.6 Å². The zero-order valence-electron chi connectivity index (χ0n) is 9.96. The Bertz CT molecular complexity index is 382. The molecule has 0 saturated heterocycles. The zero-order chi connectivity index (χ0) is 12.7. The highest BCUT2D eigenvalue weighted by molar-refractivity contribution is 14.1. The van der Waals surface area contributed by atoms with E-state index in [-0.39, 0.29) is 5.91 Å². The molecule has 94 valence electrons. The third-order valence-corrected chi connectivity index (χ3v) is 3.00. The van der Waals surface area contributed by atoms with Crippen molar-refractivity contribution >= 4 is 28.5 Å². The van der Waals surface area contributed by atoms with Crippen LogP contribution in [0.4, 0.5) is 0 Å². The van der Waals surface area contributed by atoms with Gasteiger partial charge in [0.1, 0.15) is 0 Å². The van der Waals surface area contributed by atoms with Crippen molar-refractivity contribution in [2.75, 3.05) is 25.2 Å². The molecule has 0 atom stereocenters. The summed E-state index contributed by atoms with van der Waals surface area (Å²) in [6, 6.07) is 5.13. The van der Waals surface area contributed by atoms with Gasteiger partial charge in [0, 0.05) is 16.5 Å². The molecular formula is C12H16INO3. The van der Waals surface area contributed by atoms with Gasteiger partial charge in [0.05, 0.1) is 14.2 Å². The first kappa shape index (κ1) is 14.1. The second-order valence-corrected chi connectivity index (χ2v) is 4.45. The topological polar surface area (TPSA) is 47.6 Å². The number of amides is 1. The summed E-state index contributed by atoms with van der Waals surface area (Å²) < 4.78 is 11.3. The van der Waals surface area contributed by atoms with Crippen molar-refractivity contribution in [3.05, 3.63) is 23.8 Å². The first-order chi connectivity index (χ1) is 8.22. The van der Waals surface area contributed by atoms with Gasteiger partial charge in [0.2, 0.25) is 0 Å². The van der Waals surface area contributed by atoms with Crippen LogP contribution in [0.2, 0.25) is 0 Å². The van der Waals surface area contributed by atoms with Crippen LogP contribution in [0.3, 0.4) is 0 Å². The molecule has 0 aromatic heterocycles. The summed E-state index contributed by atoms with van der Waals surface area (Å²) >= 11 is 2.28. The maximum absolute atomic E-state index is 11.8. The van der Waals surface area contributed by atoms with Crippen LogP contribution in [0.5, 0.6) is 11.5 Å². The van der Waals surface area contributed by atoms with E-state index >= 15 is 0 Å². The highest BCUT2D eigenvalue weighted by Crippen LogP contribution is 2.27. The van der Waals surface area contributed by atoms with E-state index in [1.165, 1.54) is 0 Å². The summed E-state index contributed by atoms with van der Waals surface area (Å²) in [4.78, 5) is 11.8. The first-order valence-electron chi connectivity index (χ1n) is 5.29. The SMILES string of the molecule is COc1ccc(C(=O)NCCCI)cc1OC. The van der Waals surface area contributed by atoms with E-state index in [0.29, 0.717) is 23.6 Å². The molecule has 0 aliphatic rings. The first-order valence-corrected chi connectivity index (χ1v) is 6.81. The Morgan fingerprint density at radius 3 is 2.59 bits per heavy atom. The number of halogens is 1. The van der Waals surface area contributed by atoms with E-state index in [9.17, 15) is 4.79 Å². The quantitative estimate of drug-likeness (QED) is 0.487. The Balaban J connectivity index is 2.74. The summed E-state index contributed by atoms with van der Waals surface area (Å²) in [6.07, 6.45) is 0.972. The van der Waals surface area contributed by atoms with Gasteiger partial charge < -0.3 is 14.8 Å². The van der Waals surface area contributed by atoms with Gasteiger partial charge in [-0.2, -0.15) is 0 Å². The normalized spacial score (nSPS) is 9.82. The second kappa shape index (κ2) is 7.37. The van der Waals surface area contributed by atoms with Crippen molar-refractivity contribution in [3.8, 4) is 11.5 Å². The van der Waals surface area contributed by atoms with Gasteiger partial charge >= 0.3 is 0 Å². The lowest BCUT2D eigenvalue weighted by Crippen LogP contribution is -2.24. The predicted molar refractivity (Wildman–Crippen MR) is 75.4 cm³/mol. The van der Waals surface area contributed by atoms with E-state index < -0.39 is 0 Å². The van der Waals surface area contributed by atoms with E-state index in [1.807, 2.05) is 0 Å². The molecule has 5 heteroatoms. The molecule has 0 unspecified atom stereocenters. The van der Waals surface area contributed by atoms with Crippen LogP contribution in [0.15, 0.2) is 18.2 Å². The number of carbonyl (C=O) groups excluding carboxylic acids is 1. The minimum atomic E-state index is -0.0872. The second-order valence-electron chi connectivity index (χ2n) is 3.37. The molecule has 0 aliphatic heterocycles. The molecule has 0 fully saturated rings. The number of carbonyl (C=O) groups is 1. The summed E-state index contributed by atoms with van der Waals surface area (Å²) in [5.41, 5.74) is 0.580. The average Bonchev–Trinajstić information content (AvgIpc) is 2.38. The molecule has 1 aromatic carbocycles. The third-order valence-electron chi connectivity index (χ3n) is 2.24. The minimum Gasteiger partial charge on any atom is -0.493 e. The Hall–Kier alpha value is -0.980. The molecule has 0 heterocycles. The van der Waals surface area contributed by atoms with E-state index in [2.05, 4.69) is 27.9 Å². The molecule has 1 aromatic rings. The van der Waals surface area contributed by atoms with E-state index in [0.717, 1.165) is 10.8 Å². The fourth-order valence-electron chi connectivity index (χ4n) is 1.35. The van der Waals surface area contributed by atoms with Crippen LogP contribution >= 0.6 is 22.6 Å². The van der Waals surface area contributed by atoms with Gasteiger partial charge in [0.25, 0.3) is 5.91 Å². The molecule has 1 amide bonds. The van der Waals surface area contributed by atoms with Gasteiger partial charge in [-0.25, -0.2) is 0 Å². The highest BCUT2D eigenvalue weighted by Gasteiger charge is 2.09. The Kier molecular flexibility index (Phi) is 6.10. The van der Waals surface area contributed by atoms with Crippen molar-refractivity contribution in [1.82, 2.24) is 5.32 Å². The molecular weight excluding hydrogens is 333 g/mol. The maximum atomic E-state index is 11.8. The van der Waals surface area contributed by atoms with E-state index in [4.69, 9.17) is 9.47 Å². The summed E-state index contributed by atoms with van der Waals surface area (Å²) in [7, 11) is 3.12. The smallest absolute Gasteiger partial charge is 0.251 e. The molecule has 0 spiro atoms. The van der Waals surface area contributed by atoms with Gasteiger partial charge in [-0.1, -0.05) is 22.6 Å². The summed E-state index contributed by atoms with van der Waals surface area (Å²) in [6.45, 7) is 0.691. The van der Waals surface area contributed by atoms with E-state index in [1.54, 1.807) is 32.4 Å². The number of methoxy groups -OCH3 is 2. The maximum Gasteiger partial charge on any atom is 0.251 e. The van der Waals surface area contributed by atoms with Crippen molar-refractivity contribution in [3.63, 3.8) is 0 Å². The van der Waals surface area contributed by atoms with Crippen LogP contribution in [0, 0.1) is 0 Å². The number of hydrogen-bond donors (Lipinski definition) is 1. The largest absolute Gasteiger partial charge is 0.493 e. The zero-order valence-corrected chi connectivity index (χ0v) is 12.1. The number of ether oxygens (including phenoxy) is 2. The molecule has 17 heavy (non-hydrogen) atoms. The highest BCUT2D eigenvalue weighted by atomic mass is 127. The molecule has 0 radical (unpaired) electrons. The average molecular weight is 349 g/mol. The molecule has 0 saturated carbocycles. The fraction of sp³-hybridized carbons (Fsp3) is 0.417. The molecule has 4 nitrogen and oxygen atoms in total. The van der Waals surface area contributed by atoms with Crippen molar-refractivity contribution in [1.29, 1.82) is 0 Å². The minimum absolute atomic E-state index is 0.0872. The number of benzene rings is 1. The van der Waals surface area contributed by atoms with Crippen LogP contribution < -0.4 is 14.8 Å². The monoisotopic (exact) mass is 349 g/mol. The Morgan fingerprint density at radius 2 is 2.00 bits per heavy atom. The van der Waals surface area contributed by atoms with Crippen molar-refractivity contribution in [2.24, 2.45) is 0 Å². The molecule has 1 N–H and O–H groups in total. The van der Waals surface area contributed by atoms with Crippen LogP contribution in [0.25, 0.3) is 0 Å². The predicted octanol–water partition coefficient (Wildman–Crippen LogP) is 2.26. The molecule has 0 bridgehead atoms. The third kappa shape index (κ3) is 4.07. The van der Waals surface area contributed by atoms with Crippen molar-refractivity contribution < 1.29 is 14.3 Å². The number of hydrogen-bond acceptors (Lipinski definition) is 3. The standard InChI is InChI=1S/C12H16INO3/c1-16-10-5-4-9(8-11(10)17-2)12(15)14-7-3-6-13/h4-5,8H,3,6-7H2,1-2H3,(H,14,15). The van der Waals surface area contributed by atoms with Crippen molar-refractivity contribution in [2.45, 2.75) is 6.42 Å². The lowest BCUT2D eigenvalue weighted by molar-refractivity contribution is 0.0953. The van der Waals surface area contributed by atoms with Gasteiger partial charge in [-0.3, -0.25) is 4.79 Å². The molecule has 0 aliphatic carbocycles. The number of alkyl halides is 1. The van der Waals surface area contributed by atoms with Crippen LogP contribution in [-0.4, -0.2) is 31.1 Å². The Morgan fingerprint density at radius 1 is 1.29 bits per heavy atom.